The van der Waals surface area contributed by atoms with Crippen LogP contribution in [0.3, 0.4) is 0 Å². The predicted octanol–water partition coefficient (Wildman–Crippen LogP) is 4.75. The second kappa shape index (κ2) is 12.0. The third-order valence-corrected chi connectivity index (χ3v) is 6.97. The summed E-state index contributed by atoms with van der Waals surface area (Å²) in [6, 6.07) is 16.8. The fourth-order valence-corrected chi connectivity index (χ4v) is 4.74. The standard InChI is InChI=1S/C30H31N3O7/c1-19(2)21-9-11-23(12-10-21)32-28(34)18-25(30(32)36)31(29(35)22-6-5-7-24(17-22)33(37)38)15-14-20-8-13-26(39-3)27(16-20)40-4/h5-13,16-17,19,25H,14-15,18H2,1-4H3. The van der Waals surface area contributed by atoms with Gasteiger partial charge < -0.3 is 14.4 Å². The van der Waals surface area contributed by atoms with Gasteiger partial charge in [-0.3, -0.25) is 24.5 Å². The lowest BCUT2D eigenvalue weighted by Gasteiger charge is -2.28. The Labute approximate surface area is 232 Å². The monoisotopic (exact) mass is 545 g/mol. The summed E-state index contributed by atoms with van der Waals surface area (Å²) in [6.07, 6.45) is 0.138. The summed E-state index contributed by atoms with van der Waals surface area (Å²) in [7, 11) is 3.05. The van der Waals surface area contributed by atoms with Gasteiger partial charge in [0.05, 0.1) is 31.3 Å². The van der Waals surface area contributed by atoms with Crippen LogP contribution < -0.4 is 14.4 Å². The Balaban J connectivity index is 1.66. The molecule has 1 atom stereocenters. The Morgan fingerprint density at radius 3 is 2.35 bits per heavy atom. The molecule has 10 nitrogen and oxygen atoms in total. The Morgan fingerprint density at radius 1 is 1.02 bits per heavy atom. The van der Waals surface area contributed by atoms with Gasteiger partial charge in [-0.05, 0) is 53.8 Å². The first kappa shape index (κ1) is 28.3. The number of nitro benzene ring substituents is 1. The number of anilines is 1. The third kappa shape index (κ3) is 5.80. The smallest absolute Gasteiger partial charge is 0.270 e. The molecular weight excluding hydrogens is 514 g/mol. The van der Waals surface area contributed by atoms with Crippen LogP contribution in [0, 0.1) is 10.1 Å². The van der Waals surface area contributed by atoms with Gasteiger partial charge in [-0.15, -0.1) is 0 Å². The predicted molar refractivity (Wildman–Crippen MR) is 149 cm³/mol. The van der Waals surface area contributed by atoms with E-state index in [9.17, 15) is 24.5 Å². The minimum absolute atomic E-state index is 0.0569. The largest absolute Gasteiger partial charge is 0.493 e. The van der Waals surface area contributed by atoms with Crippen molar-refractivity contribution in [2.75, 3.05) is 25.7 Å². The number of hydrogen-bond donors (Lipinski definition) is 0. The van der Waals surface area contributed by atoms with E-state index < -0.39 is 28.7 Å². The van der Waals surface area contributed by atoms with Crippen molar-refractivity contribution in [1.29, 1.82) is 0 Å². The van der Waals surface area contributed by atoms with Gasteiger partial charge in [-0.25, -0.2) is 4.90 Å². The van der Waals surface area contributed by atoms with Crippen molar-refractivity contribution >= 4 is 29.1 Å². The number of benzene rings is 3. The lowest BCUT2D eigenvalue weighted by atomic mass is 10.0. The minimum Gasteiger partial charge on any atom is -0.493 e. The highest BCUT2D eigenvalue weighted by Crippen LogP contribution is 2.30. The second-order valence-electron chi connectivity index (χ2n) is 9.78. The van der Waals surface area contributed by atoms with Crippen LogP contribution in [-0.4, -0.2) is 54.4 Å². The van der Waals surface area contributed by atoms with Gasteiger partial charge in [0.15, 0.2) is 11.5 Å². The van der Waals surface area contributed by atoms with Crippen LogP contribution in [0.2, 0.25) is 0 Å². The lowest BCUT2D eigenvalue weighted by Crippen LogP contribution is -2.46. The van der Waals surface area contributed by atoms with Crippen LogP contribution in [-0.2, 0) is 16.0 Å². The van der Waals surface area contributed by atoms with Gasteiger partial charge in [-0.2, -0.15) is 0 Å². The number of nitrogens with zero attached hydrogens (tertiary/aromatic N) is 3. The van der Waals surface area contributed by atoms with E-state index >= 15 is 0 Å². The number of ether oxygens (including phenoxy) is 2. The van der Waals surface area contributed by atoms with Crippen molar-refractivity contribution in [2.24, 2.45) is 0 Å². The lowest BCUT2D eigenvalue weighted by molar-refractivity contribution is -0.384. The number of hydrogen-bond acceptors (Lipinski definition) is 7. The molecule has 0 aromatic heterocycles. The van der Waals surface area contributed by atoms with Gasteiger partial charge in [0.2, 0.25) is 5.91 Å². The molecule has 1 unspecified atom stereocenters. The molecule has 1 saturated heterocycles. The number of rotatable bonds is 10. The van der Waals surface area contributed by atoms with E-state index in [1.165, 1.54) is 43.4 Å². The zero-order chi connectivity index (χ0) is 29.0. The van der Waals surface area contributed by atoms with Crippen LogP contribution in [0.1, 0.15) is 47.7 Å². The van der Waals surface area contributed by atoms with Crippen molar-refractivity contribution in [3.8, 4) is 11.5 Å². The SMILES string of the molecule is COc1ccc(CCN(C(=O)c2cccc([N+](=O)[O-])c2)C2CC(=O)N(c3ccc(C(C)C)cc3)C2=O)cc1OC. The molecule has 0 spiro atoms. The number of non-ortho nitro benzene ring substituents is 1. The molecule has 1 aliphatic heterocycles. The van der Waals surface area contributed by atoms with Crippen LogP contribution in [0.5, 0.6) is 11.5 Å². The summed E-state index contributed by atoms with van der Waals surface area (Å²) in [5, 5.41) is 11.3. The highest BCUT2D eigenvalue weighted by molar-refractivity contribution is 6.23. The number of amides is 3. The summed E-state index contributed by atoms with van der Waals surface area (Å²) in [5.74, 6) is -0.173. The second-order valence-corrected chi connectivity index (χ2v) is 9.78. The van der Waals surface area contributed by atoms with E-state index in [-0.39, 0.29) is 30.1 Å². The molecule has 0 N–H and O–H groups in total. The molecule has 0 bridgehead atoms. The average Bonchev–Trinajstić information content (AvgIpc) is 3.25. The molecule has 1 fully saturated rings. The average molecular weight is 546 g/mol. The number of nitro groups is 1. The molecule has 3 amide bonds. The summed E-state index contributed by atoms with van der Waals surface area (Å²) < 4.78 is 10.7. The molecule has 40 heavy (non-hydrogen) atoms. The van der Waals surface area contributed by atoms with Crippen molar-refractivity contribution < 1.29 is 28.8 Å². The minimum atomic E-state index is -1.07. The van der Waals surface area contributed by atoms with E-state index in [0.29, 0.717) is 23.6 Å². The van der Waals surface area contributed by atoms with Gasteiger partial charge >= 0.3 is 0 Å². The van der Waals surface area contributed by atoms with E-state index in [0.717, 1.165) is 16.0 Å². The maximum absolute atomic E-state index is 13.7. The van der Waals surface area contributed by atoms with Gasteiger partial charge in [0.25, 0.3) is 17.5 Å². The van der Waals surface area contributed by atoms with Crippen molar-refractivity contribution in [3.63, 3.8) is 0 Å². The van der Waals surface area contributed by atoms with Gasteiger partial charge in [-0.1, -0.05) is 38.1 Å². The summed E-state index contributed by atoms with van der Waals surface area (Å²) in [4.78, 5) is 53.7. The molecule has 10 heteroatoms. The highest BCUT2D eigenvalue weighted by atomic mass is 16.6. The van der Waals surface area contributed by atoms with E-state index in [1.54, 1.807) is 24.3 Å². The van der Waals surface area contributed by atoms with Crippen LogP contribution in [0.4, 0.5) is 11.4 Å². The molecule has 0 aliphatic carbocycles. The van der Waals surface area contributed by atoms with Crippen molar-refractivity contribution in [2.45, 2.75) is 38.6 Å². The number of carbonyl (C=O) groups excluding carboxylic acids is 3. The quantitative estimate of drug-likeness (QED) is 0.205. The normalized spacial score (nSPS) is 14.9. The molecule has 1 heterocycles. The summed E-state index contributed by atoms with van der Waals surface area (Å²) in [5.41, 5.74) is 2.13. The fraction of sp³-hybridized carbons (Fsp3) is 0.300. The maximum atomic E-state index is 13.7. The first-order valence-electron chi connectivity index (χ1n) is 12.9. The van der Waals surface area contributed by atoms with E-state index in [4.69, 9.17) is 9.47 Å². The van der Waals surface area contributed by atoms with E-state index in [1.807, 2.05) is 32.0 Å². The number of carbonyl (C=O) groups is 3. The first-order valence-corrected chi connectivity index (χ1v) is 12.9. The highest BCUT2D eigenvalue weighted by Gasteiger charge is 2.44. The maximum Gasteiger partial charge on any atom is 0.270 e. The van der Waals surface area contributed by atoms with Crippen LogP contribution in [0.25, 0.3) is 0 Å². The molecule has 3 aromatic rings. The number of imide groups is 1. The number of methoxy groups -OCH3 is 2. The Kier molecular flexibility index (Phi) is 8.47. The van der Waals surface area contributed by atoms with E-state index in [2.05, 4.69) is 0 Å². The summed E-state index contributed by atoms with van der Waals surface area (Å²) >= 11 is 0. The molecule has 4 rings (SSSR count). The summed E-state index contributed by atoms with van der Waals surface area (Å²) in [6.45, 7) is 4.18. The molecular formula is C30H31N3O7. The van der Waals surface area contributed by atoms with Gasteiger partial charge in [0.1, 0.15) is 6.04 Å². The molecule has 208 valence electrons. The molecule has 0 saturated carbocycles. The molecule has 3 aromatic carbocycles. The first-order chi connectivity index (χ1) is 19.1. The third-order valence-electron chi connectivity index (χ3n) is 6.97. The van der Waals surface area contributed by atoms with Crippen LogP contribution >= 0.6 is 0 Å². The van der Waals surface area contributed by atoms with Crippen molar-refractivity contribution in [3.05, 3.63) is 93.5 Å². The topological polar surface area (TPSA) is 119 Å². The molecule has 1 aliphatic rings. The molecule has 0 radical (unpaired) electrons. The zero-order valence-corrected chi connectivity index (χ0v) is 22.8. The Hall–Kier alpha value is -4.73. The fourth-order valence-electron chi connectivity index (χ4n) is 4.74. The van der Waals surface area contributed by atoms with Crippen molar-refractivity contribution in [1.82, 2.24) is 4.90 Å². The van der Waals surface area contributed by atoms with Gasteiger partial charge in [0, 0.05) is 24.2 Å². The Bertz CT molecular complexity index is 1440. The zero-order valence-electron chi connectivity index (χ0n) is 22.8. The Morgan fingerprint density at radius 2 is 1.73 bits per heavy atom. The van der Waals surface area contributed by atoms with Crippen LogP contribution in [0.15, 0.2) is 66.7 Å².